The minimum atomic E-state index is -0.423. The molecule has 0 heterocycles. The zero-order valence-corrected chi connectivity index (χ0v) is 14.7. The third-order valence-electron chi connectivity index (χ3n) is 2.91. The van der Waals surface area contributed by atoms with Gasteiger partial charge in [0, 0.05) is 31.8 Å². The summed E-state index contributed by atoms with van der Waals surface area (Å²) in [6.45, 7) is 1.99. The lowest BCUT2D eigenvalue weighted by Crippen LogP contribution is -2.34. The number of rotatable bonds is 6. The molecular weight excluding hydrogens is 330 g/mol. The Morgan fingerprint density at radius 2 is 1.75 bits per heavy atom. The second-order valence-electron chi connectivity index (χ2n) is 5.08. The summed E-state index contributed by atoms with van der Waals surface area (Å²) in [5, 5.41) is 5.44. The number of hydrogen-bond acceptors (Lipinski definition) is 5. The Kier molecular flexibility index (Phi) is 7.84. The monoisotopic (exact) mass is 351 g/mol. The van der Waals surface area contributed by atoms with Crippen LogP contribution in [0, 0.1) is 0 Å². The average Bonchev–Trinajstić information content (AvgIpc) is 2.53. The third-order valence-corrected chi connectivity index (χ3v) is 3.11. The van der Waals surface area contributed by atoms with Crippen molar-refractivity contribution in [1.29, 1.82) is 0 Å². The van der Waals surface area contributed by atoms with Crippen molar-refractivity contribution in [2.75, 3.05) is 26.0 Å². The van der Waals surface area contributed by atoms with Crippen molar-refractivity contribution in [1.82, 2.24) is 10.2 Å². The Bertz CT molecular complexity index is 614. The lowest BCUT2D eigenvalue weighted by atomic mass is 10.2. The minimum absolute atomic E-state index is 0.00305. The molecule has 2 amide bonds. The van der Waals surface area contributed by atoms with E-state index in [-0.39, 0.29) is 36.4 Å². The van der Waals surface area contributed by atoms with Crippen LogP contribution in [0.15, 0.2) is 24.3 Å². The van der Waals surface area contributed by atoms with E-state index in [0.717, 1.165) is 0 Å². The highest BCUT2D eigenvalue weighted by atomic mass is 32.1. The molecule has 7 nitrogen and oxygen atoms in total. The van der Waals surface area contributed by atoms with Crippen LogP contribution in [0.5, 0.6) is 0 Å². The molecule has 1 aromatic carbocycles. The summed E-state index contributed by atoms with van der Waals surface area (Å²) in [5.74, 6) is -0.899. The van der Waals surface area contributed by atoms with Crippen LogP contribution in [-0.2, 0) is 14.3 Å². The third kappa shape index (κ3) is 6.74. The molecular formula is C16H21N3O4S. The number of carbonyl (C=O) groups is 3. The molecule has 8 heteroatoms. The van der Waals surface area contributed by atoms with E-state index in [0.29, 0.717) is 11.3 Å². The number of nitrogens with zero attached hydrogens (tertiary/aromatic N) is 1. The van der Waals surface area contributed by atoms with E-state index in [1.165, 1.54) is 4.90 Å². The highest BCUT2D eigenvalue weighted by Crippen LogP contribution is 2.10. The largest absolute Gasteiger partial charge is 0.466 e. The number of benzene rings is 1. The fourth-order valence-electron chi connectivity index (χ4n) is 1.75. The Morgan fingerprint density at radius 1 is 1.12 bits per heavy atom. The predicted molar refractivity (Wildman–Crippen MR) is 94.7 cm³/mol. The maximum atomic E-state index is 11.8. The number of ether oxygens (including phenoxy) is 1. The zero-order valence-electron chi connectivity index (χ0n) is 13.9. The van der Waals surface area contributed by atoms with Crippen LogP contribution >= 0.6 is 12.2 Å². The van der Waals surface area contributed by atoms with Crippen molar-refractivity contribution in [3.05, 3.63) is 29.8 Å². The van der Waals surface area contributed by atoms with Gasteiger partial charge in [0.15, 0.2) is 5.11 Å². The van der Waals surface area contributed by atoms with E-state index in [1.54, 1.807) is 45.3 Å². The lowest BCUT2D eigenvalue weighted by molar-refractivity contribution is -0.144. The lowest BCUT2D eigenvalue weighted by Gasteiger charge is -2.12. The van der Waals surface area contributed by atoms with Crippen LogP contribution in [0.2, 0.25) is 0 Å². The fourth-order valence-corrected chi connectivity index (χ4v) is 1.99. The van der Waals surface area contributed by atoms with Gasteiger partial charge in [-0.1, -0.05) is 0 Å². The van der Waals surface area contributed by atoms with Gasteiger partial charge in [-0.25, -0.2) is 0 Å². The van der Waals surface area contributed by atoms with E-state index in [4.69, 9.17) is 17.0 Å². The van der Waals surface area contributed by atoms with Gasteiger partial charge in [0.05, 0.1) is 13.0 Å². The van der Waals surface area contributed by atoms with E-state index >= 15 is 0 Å². The standard InChI is InChI=1S/C16H21N3O4S/c1-4-23-14(21)10-9-13(20)18-16(24)17-12-7-5-11(6-8-12)15(22)19(2)3/h5-8H,4,9-10H2,1-3H3,(H2,17,18,20,24). The van der Waals surface area contributed by atoms with Crippen LogP contribution in [0.3, 0.4) is 0 Å². The number of anilines is 1. The maximum Gasteiger partial charge on any atom is 0.306 e. The molecule has 0 radical (unpaired) electrons. The van der Waals surface area contributed by atoms with Crippen molar-refractivity contribution in [2.45, 2.75) is 19.8 Å². The molecule has 0 bridgehead atoms. The molecule has 1 aromatic rings. The summed E-state index contributed by atoms with van der Waals surface area (Å²) in [6, 6.07) is 6.70. The summed E-state index contributed by atoms with van der Waals surface area (Å²) in [4.78, 5) is 36.1. The summed E-state index contributed by atoms with van der Waals surface area (Å²) in [6.07, 6.45) is 0.000554. The van der Waals surface area contributed by atoms with Crippen LogP contribution < -0.4 is 10.6 Å². The smallest absolute Gasteiger partial charge is 0.306 e. The topological polar surface area (TPSA) is 87.7 Å². The normalized spacial score (nSPS) is 9.79. The van der Waals surface area contributed by atoms with E-state index < -0.39 is 5.97 Å². The number of carbonyl (C=O) groups excluding carboxylic acids is 3. The van der Waals surface area contributed by atoms with Crippen LogP contribution in [0.25, 0.3) is 0 Å². The van der Waals surface area contributed by atoms with E-state index in [9.17, 15) is 14.4 Å². The van der Waals surface area contributed by atoms with Crippen molar-refractivity contribution in [3.63, 3.8) is 0 Å². The van der Waals surface area contributed by atoms with Gasteiger partial charge in [0.2, 0.25) is 5.91 Å². The molecule has 0 aliphatic rings. The number of thiocarbonyl (C=S) groups is 1. The maximum absolute atomic E-state index is 11.8. The summed E-state index contributed by atoms with van der Waals surface area (Å²) in [7, 11) is 3.35. The molecule has 0 atom stereocenters. The summed E-state index contributed by atoms with van der Waals surface area (Å²) >= 11 is 5.03. The second kappa shape index (κ2) is 9.61. The summed E-state index contributed by atoms with van der Waals surface area (Å²) < 4.78 is 4.74. The quantitative estimate of drug-likeness (QED) is 0.597. The predicted octanol–water partition coefficient (Wildman–Crippen LogP) is 1.54. The molecule has 0 saturated carbocycles. The summed E-state index contributed by atoms with van der Waals surface area (Å²) in [5.41, 5.74) is 1.19. The first-order chi connectivity index (χ1) is 11.3. The average molecular weight is 351 g/mol. The molecule has 0 unspecified atom stereocenters. The van der Waals surface area contributed by atoms with Crippen LogP contribution in [0.1, 0.15) is 30.1 Å². The van der Waals surface area contributed by atoms with Gasteiger partial charge in [-0.2, -0.15) is 0 Å². The van der Waals surface area contributed by atoms with Gasteiger partial charge < -0.3 is 20.3 Å². The molecule has 0 spiro atoms. The molecule has 0 fully saturated rings. The first kappa shape index (κ1) is 19.6. The van der Waals surface area contributed by atoms with Gasteiger partial charge in [-0.05, 0) is 43.4 Å². The SMILES string of the molecule is CCOC(=O)CCC(=O)NC(=S)Nc1ccc(C(=O)N(C)C)cc1. The van der Waals surface area contributed by atoms with Crippen molar-refractivity contribution in [3.8, 4) is 0 Å². The van der Waals surface area contributed by atoms with Gasteiger partial charge in [0.25, 0.3) is 5.91 Å². The number of esters is 1. The van der Waals surface area contributed by atoms with E-state index in [1.807, 2.05) is 0 Å². The number of amides is 2. The first-order valence-corrected chi connectivity index (χ1v) is 7.82. The highest BCUT2D eigenvalue weighted by Gasteiger charge is 2.10. The molecule has 1 rings (SSSR count). The molecule has 0 aliphatic heterocycles. The van der Waals surface area contributed by atoms with Gasteiger partial charge >= 0.3 is 5.97 Å². The van der Waals surface area contributed by atoms with Gasteiger partial charge in [-0.3, -0.25) is 14.4 Å². The molecule has 24 heavy (non-hydrogen) atoms. The van der Waals surface area contributed by atoms with Crippen molar-refractivity contribution < 1.29 is 19.1 Å². The fraction of sp³-hybridized carbons (Fsp3) is 0.375. The minimum Gasteiger partial charge on any atom is -0.466 e. The Morgan fingerprint density at radius 3 is 2.29 bits per heavy atom. The van der Waals surface area contributed by atoms with E-state index in [2.05, 4.69) is 10.6 Å². The van der Waals surface area contributed by atoms with Crippen molar-refractivity contribution >= 4 is 40.8 Å². The van der Waals surface area contributed by atoms with Crippen LogP contribution in [-0.4, -0.2) is 48.5 Å². The molecule has 0 aliphatic carbocycles. The number of nitrogens with one attached hydrogen (secondary N) is 2. The van der Waals surface area contributed by atoms with Gasteiger partial charge in [0.1, 0.15) is 0 Å². The van der Waals surface area contributed by atoms with Crippen LogP contribution in [0.4, 0.5) is 5.69 Å². The second-order valence-corrected chi connectivity index (χ2v) is 5.49. The Hall–Kier alpha value is -2.48. The molecule has 130 valence electrons. The Labute approximate surface area is 146 Å². The Balaban J connectivity index is 2.46. The highest BCUT2D eigenvalue weighted by molar-refractivity contribution is 7.80. The number of hydrogen-bond donors (Lipinski definition) is 2. The molecule has 0 saturated heterocycles. The van der Waals surface area contributed by atoms with Crippen molar-refractivity contribution in [2.24, 2.45) is 0 Å². The first-order valence-electron chi connectivity index (χ1n) is 7.41. The van der Waals surface area contributed by atoms with Gasteiger partial charge in [-0.15, -0.1) is 0 Å². The zero-order chi connectivity index (χ0) is 18.1. The molecule has 0 aromatic heterocycles. The molecule has 2 N–H and O–H groups in total.